The van der Waals surface area contributed by atoms with Gasteiger partial charge in [-0.15, -0.1) is 0 Å². The maximum absolute atomic E-state index is 4.52. The molecule has 0 unspecified atom stereocenters. The topological polar surface area (TPSA) is 55.6 Å². The molecule has 0 bridgehead atoms. The van der Waals surface area contributed by atoms with Crippen molar-refractivity contribution in [1.29, 1.82) is 0 Å². The largest absolute Gasteiger partial charge is 0.337 e. The molecule has 0 aliphatic heterocycles. The molecule has 112 valence electrons. The minimum Gasteiger partial charge on any atom is -0.337 e. The van der Waals surface area contributed by atoms with Crippen molar-refractivity contribution in [3.8, 4) is 5.69 Å². The normalized spacial score (nSPS) is 10.7. The summed E-state index contributed by atoms with van der Waals surface area (Å²) in [6.07, 6.45) is 3.39. The van der Waals surface area contributed by atoms with E-state index in [9.17, 15) is 0 Å². The fraction of sp³-hybridized carbons (Fsp3) is 0.235. The zero-order valence-corrected chi connectivity index (χ0v) is 13.3. The second-order valence-electron chi connectivity index (χ2n) is 5.52. The molecule has 0 spiro atoms. The first kappa shape index (κ1) is 14.3. The molecular formula is C17H19N5. The van der Waals surface area contributed by atoms with Crippen molar-refractivity contribution in [2.45, 2.75) is 27.7 Å². The Hall–Kier alpha value is -2.69. The Morgan fingerprint density at radius 2 is 1.82 bits per heavy atom. The molecule has 0 aliphatic rings. The van der Waals surface area contributed by atoms with Gasteiger partial charge in [-0.1, -0.05) is 12.1 Å². The van der Waals surface area contributed by atoms with Crippen LogP contribution >= 0.6 is 0 Å². The quantitative estimate of drug-likeness (QED) is 0.801. The molecule has 0 saturated heterocycles. The summed E-state index contributed by atoms with van der Waals surface area (Å²) >= 11 is 0. The number of aromatic nitrogens is 4. The molecule has 5 nitrogen and oxygen atoms in total. The van der Waals surface area contributed by atoms with Gasteiger partial charge in [0.25, 0.3) is 0 Å². The average molecular weight is 293 g/mol. The molecule has 2 heterocycles. The van der Waals surface area contributed by atoms with Crippen molar-refractivity contribution < 1.29 is 0 Å². The third kappa shape index (κ3) is 2.70. The maximum atomic E-state index is 4.52. The van der Waals surface area contributed by atoms with E-state index in [2.05, 4.69) is 52.4 Å². The zero-order chi connectivity index (χ0) is 15.7. The van der Waals surface area contributed by atoms with Gasteiger partial charge in [0.15, 0.2) is 0 Å². The summed E-state index contributed by atoms with van der Waals surface area (Å²) in [5, 5.41) is 7.82. The van der Waals surface area contributed by atoms with Gasteiger partial charge in [-0.2, -0.15) is 5.10 Å². The van der Waals surface area contributed by atoms with Gasteiger partial charge in [0.05, 0.1) is 23.3 Å². The summed E-state index contributed by atoms with van der Waals surface area (Å²) in [5.41, 5.74) is 6.43. The van der Waals surface area contributed by atoms with Crippen LogP contribution in [-0.2, 0) is 0 Å². The van der Waals surface area contributed by atoms with Gasteiger partial charge in [0.2, 0.25) is 0 Å². The Morgan fingerprint density at radius 1 is 1.00 bits per heavy atom. The van der Waals surface area contributed by atoms with E-state index in [4.69, 9.17) is 0 Å². The SMILES string of the molecule is Cc1ccc(C)c(-n2ncc(Nc3cc(C)ncn3)c2C)c1. The lowest BCUT2D eigenvalue weighted by Crippen LogP contribution is -2.03. The Labute approximate surface area is 130 Å². The van der Waals surface area contributed by atoms with Crippen LogP contribution in [0.3, 0.4) is 0 Å². The highest BCUT2D eigenvalue weighted by atomic mass is 15.3. The third-order valence-corrected chi connectivity index (χ3v) is 3.67. The number of anilines is 2. The lowest BCUT2D eigenvalue weighted by Gasteiger charge is -2.10. The fourth-order valence-electron chi connectivity index (χ4n) is 2.38. The van der Waals surface area contributed by atoms with Crippen LogP contribution in [0.2, 0.25) is 0 Å². The summed E-state index contributed by atoms with van der Waals surface area (Å²) < 4.78 is 1.96. The number of hydrogen-bond donors (Lipinski definition) is 1. The lowest BCUT2D eigenvalue weighted by molar-refractivity contribution is 0.839. The van der Waals surface area contributed by atoms with E-state index < -0.39 is 0 Å². The minimum absolute atomic E-state index is 0.774. The number of hydrogen-bond acceptors (Lipinski definition) is 4. The Balaban J connectivity index is 1.97. The summed E-state index contributed by atoms with van der Waals surface area (Å²) in [6.45, 7) is 8.17. The monoisotopic (exact) mass is 293 g/mol. The van der Waals surface area contributed by atoms with Crippen LogP contribution in [0.4, 0.5) is 11.5 Å². The Morgan fingerprint density at radius 3 is 2.59 bits per heavy atom. The predicted molar refractivity (Wildman–Crippen MR) is 87.8 cm³/mol. The van der Waals surface area contributed by atoms with E-state index in [-0.39, 0.29) is 0 Å². The maximum Gasteiger partial charge on any atom is 0.134 e. The number of nitrogens with zero attached hydrogens (tertiary/aromatic N) is 4. The highest BCUT2D eigenvalue weighted by molar-refractivity contribution is 5.59. The third-order valence-electron chi connectivity index (χ3n) is 3.67. The lowest BCUT2D eigenvalue weighted by atomic mass is 10.1. The molecule has 1 aromatic carbocycles. The van der Waals surface area contributed by atoms with Gasteiger partial charge in [-0.3, -0.25) is 0 Å². The molecule has 0 fully saturated rings. The number of aryl methyl sites for hydroxylation is 3. The molecule has 1 N–H and O–H groups in total. The van der Waals surface area contributed by atoms with Crippen LogP contribution < -0.4 is 5.32 Å². The molecule has 0 amide bonds. The standard InChI is InChI=1S/C17H19N5/c1-11-5-6-12(2)16(7-11)22-14(4)15(9-20-22)21-17-8-13(3)18-10-19-17/h5-10H,1-4H3,(H,18,19,21). The van der Waals surface area contributed by atoms with Crippen LogP contribution in [0.1, 0.15) is 22.5 Å². The van der Waals surface area contributed by atoms with Gasteiger partial charge < -0.3 is 5.32 Å². The van der Waals surface area contributed by atoms with Gasteiger partial charge in [0.1, 0.15) is 12.1 Å². The minimum atomic E-state index is 0.774. The number of benzene rings is 1. The van der Waals surface area contributed by atoms with E-state index in [0.29, 0.717) is 0 Å². The van der Waals surface area contributed by atoms with E-state index >= 15 is 0 Å². The first-order valence-electron chi connectivity index (χ1n) is 7.22. The first-order valence-corrected chi connectivity index (χ1v) is 7.22. The van der Waals surface area contributed by atoms with Gasteiger partial charge in [0, 0.05) is 11.8 Å². The van der Waals surface area contributed by atoms with Crippen molar-refractivity contribution in [2.24, 2.45) is 0 Å². The van der Waals surface area contributed by atoms with Crippen LogP contribution in [-0.4, -0.2) is 19.7 Å². The van der Waals surface area contributed by atoms with Crippen LogP contribution in [0.15, 0.2) is 36.8 Å². The first-order chi connectivity index (χ1) is 10.5. The molecule has 0 radical (unpaired) electrons. The zero-order valence-electron chi connectivity index (χ0n) is 13.3. The molecule has 3 rings (SSSR count). The van der Waals surface area contributed by atoms with E-state index in [1.54, 1.807) is 6.33 Å². The molecular weight excluding hydrogens is 274 g/mol. The van der Waals surface area contributed by atoms with Crippen molar-refractivity contribution in [3.63, 3.8) is 0 Å². The van der Waals surface area contributed by atoms with E-state index in [0.717, 1.165) is 28.6 Å². The second kappa shape index (κ2) is 5.60. The molecule has 0 aliphatic carbocycles. The summed E-state index contributed by atoms with van der Waals surface area (Å²) in [6, 6.07) is 8.29. The molecule has 2 aromatic heterocycles. The van der Waals surface area contributed by atoms with Gasteiger partial charge in [-0.25, -0.2) is 14.6 Å². The average Bonchev–Trinajstić information content (AvgIpc) is 2.83. The molecule has 0 saturated carbocycles. The summed E-state index contributed by atoms with van der Waals surface area (Å²) in [4.78, 5) is 8.34. The number of rotatable bonds is 3. The molecule has 22 heavy (non-hydrogen) atoms. The van der Waals surface area contributed by atoms with Crippen LogP contribution in [0.5, 0.6) is 0 Å². The molecule has 5 heteroatoms. The highest BCUT2D eigenvalue weighted by Gasteiger charge is 2.11. The van der Waals surface area contributed by atoms with Crippen LogP contribution in [0, 0.1) is 27.7 Å². The summed E-state index contributed by atoms with van der Waals surface area (Å²) in [5.74, 6) is 0.774. The van der Waals surface area contributed by atoms with Gasteiger partial charge >= 0.3 is 0 Å². The Kier molecular flexibility index (Phi) is 3.63. The molecule has 0 atom stereocenters. The van der Waals surface area contributed by atoms with E-state index in [1.165, 1.54) is 11.1 Å². The number of nitrogens with one attached hydrogen (secondary N) is 1. The van der Waals surface area contributed by atoms with Crippen molar-refractivity contribution in [2.75, 3.05) is 5.32 Å². The smallest absolute Gasteiger partial charge is 0.134 e. The van der Waals surface area contributed by atoms with E-state index in [1.807, 2.05) is 30.8 Å². The van der Waals surface area contributed by atoms with Crippen LogP contribution in [0.25, 0.3) is 5.69 Å². The molecule has 3 aromatic rings. The van der Waals surface area contributed by atoms with Crippen molar-refractivity contribution in [3.05, 3.63) is 59.3 Å². The fourth-order valence-corrected chi connectivity index (χ4v) is 2.38. The highest BCUT2D eigenvalue weighted by Crippen LogP contribution is 2.23. The van der Waals surface area contributed by atoms with Crippen molar-refractivity contribution in [1.82, 2.24) is 19.7 Å². The summed E-state index contributed by atoms with van der Waals surface area (Å²) in [7, 11) is 0. The second-order valence-corrected chi connectivity index (χ2v) is 5.52. The predicted octanol–water partition coefficient (Wildman–Crippen LogP) is 3.64. The Bertz CT molecular complexity index is 820. The van der Waals surface area contributed by atoms with Crippen molar-refractivity contribution >= 4 is 11.5 Å². The van der Waals surface area contributed by atoms with Gasteiger partial charge in [-0.05, 0) is 44.9 Å².